The largest absolute Gasteiger partial charge is 0.352 e. The summed E-state index contributed by atoms with van der Waals surface area (Å²) < 4.78 is 0. The van der Waals surface area contributed by atoms with Crippen LogP contribution in [0, 0.1) is 34.0 Å². The number of pyridine rings is 1. The molecule has 0 aliphatic carbocycles. The van der Waals surface area contributed by atoms with Crippen LogP contribution >= 0.6 is 0 Å². The molecular formula is C24H13N5O. The third-order valence-electron chi connectivity index (χ3n) is 4.80. The van der Waals surface area contributed by atoms with E-state index in [1.807, 2.05) is 48.5 Å². The highest BCUT2D eigenvalue weighted by molar-refractivity contribution is 6.03. The number of para-hydroxylation sites is 2. The van der Waals surface area contributed by atoms with E-state index in [0.717, 1.165) is 11.1 Å². The summed E-state index contributed by atoms with van der Waals surface area (Å²) in [7, 11) is 0. The third kappa shape index (κ3) is 3.03. The lowest BCUT2D eigenvalue weighted by atomic mass is 10.0. The number of nitrogens with one attached hydrogen (secondary N) is 2. The quantitative estimate of drug-likeness (QED) is 0.394. The van der Waals surface area contributed by atoms with Gasteiger partial charge in [-0.05, 0) is 23.8 Å². The number of nitrogens with zero attached hydrogens (tertiary/aromatic N) is 3. The smallest absolute Gasteiger partial charge is 0.197 e. The number of aromatic amines is 1. The van der Waals surface area contributed by atoms with E-state index in [1.165, 1.54) is 0 Å². The van der Waals surface area contributed by atoms with Gasteiger partial charge in [-0.2, -0.15) is 15.8 Å². The van der Waals surface area contributed by atoms with Crippen molar-refractivity contribution in [2.24, 2.45) is 0 Å². The first-order valence-corrected chi connectivity index (χ1v) is 9.02. The summed E-state index contributed by atoms with van der Waals surface area (Å²) in [5.74, 6) is 0. The number of hydrogen-bond acceptors (Lipinski definition) is 5. The minimum Gasteiger partial charge on any atom is -0.352 e. The topological polar surface area (TPSA) is 116 Å². The molecule has 140 valence electrons. The van der Waals surface area contributed by atoms with Crippen LogP contribution in [0.4, 0.5) is 5.69 Å². The molecule has 2 N–H and O–H groups in total. The van der Waals surface area contributed by atoms with Gasteiger partial charge in [-0.25, -0.2) is 0 Å². The van der Waals surface area contributed by atoms with Crippen molar-refractivity contribution < 1.29 is 0 Å². The van der Waals surface area contributed by atoms with E-state index in [9.17, 15) is 10.1 Å². The lowest BCUT2D eigenvalue weighted by Gasteiger charge is -2.12. The minimum absolute atomic E-state index is 0.150. The highest BCUT2D eigenvalue weighted by atomic mass is 16.1. The van der Waals surface area contributed by atoms with Crippen molar-refractivity contribution in [3.8, 4) is 29.3 Å². The van der Waals surface area contributed by atoms with Gasteiger partial charge in [0.15, 0.2) is 11.0 Å². The predicted octanol–water partition coefficient (Wildman–Crippen LogP) is 4.59. The Bertz CT molecular complexity index is 1490. The van der Waals surface area contributed by atoms with E-state index in [4.69, 9.17) is 10.5 Å². The van der Waals surface area contributed by atoms with Crippen LogP contribution in [0.15, 0.2) is 82.8 Å². The molecule has 0 bridgehead atoms. The zero-order valence-electron chi connectivity index (χ0n) is 15.6. The molecule has 0 atom stereocenters. The Labute approximate surface area is 171 Å². The monoisotopic (exact) mass is 387 g/mol. The molecule has 0 saturated carbocycles. The van der Waals surface area contributed by atoms with Gasteiger partial charge >= 0.3 is 0 Å². The molecule has 3 aromatic carbocycles. The van der Waals surface area contributed by atoms with Gasteiger partial charge in [-0.3, -0.25) is 4.79 Å². The fraction of sp³-hybridized carbons (Fsp3) is 0. The molecule has 0 spiro atoms. The SMILES string of the molecule is N#CC(C#N)=C(C#N)Nc1cccc2c(=O)c3cccc(-c4ccccc4)c3[nH]c12. The van der Waals surface area contributed by atoms with Crippen LogP contribution in [0.3, 0.4) is 0 Å². The summed E-state index contributed by atoms with van der Waals surface area (Å²) in [6, 6.07) is 25.5. The Morgan fingerprint density at radius 2 is 1.43 bits per heavy atom. The molecule has 1 heterocycles. The van der Waals surface area contributed by atoms with Crippen LogP contribution in [0.1, 0.15) is 0 Å². The van der Waals surface area contributed by atoms with E-state index in [0.29, 0.717) is 27.5 Å². The molecular weight excluding hydrogens is 374 g/mol. The summed E-state index contributed by atoms with van der Waals surface area (Å²) in [6.45, 7) is 0. The fourth-order valence-electron chi connectivity index (χ4n) is 3.40. The van der Waals surface area contributed by atoms with E-state index in [1.54, 1.807) is 36.4 Å². The van der Waals surface area contributed by atoms with Gasteiger partial charge in [0.25, 0.3) is 0 Å². The summed E-state index contributed by atoms with van der Waals surface area (Å²) in [5.41, 5.74) is 2.75. The molecule has 0 aliphatic heterocycles. The normalized spacial score (nSPS) is 10.0. The number of anilines is 1. The second-order valence-electron chi connectivity index (χ2n) is 6.49. The molecule has 30 heavy (non-hydrogen) atoms. The zero-order valence-corrected chi connectivity index (χ0v) is 15.6. The first-order valence-electron chi connectivity index (χ1n) is 9.02. The molecule has 4 rings (SSSR count). The number of aromatic nitrogens is 1. The van der Waals surface area contributed by atoms with Crippen LogP contribution in [0.25, 0.3) is 32.9 Å². The zero-order chi connectivity index (χ0) is 21.1. The number of H-pyrrole nitrogens is 1. The number of benzene rings is 3. The van der Waals surface area contributed by atoms with E-state index < -0.39 is 0 Å². The second-order valence-corrected chi connectivity index (χ2v) is 6.49. The van der Waals surface area contributed by atoms with Crippen LogP contribution < -0.4 is 10.7 Å². The summed E-state index contributed by atoms with van der Waals surface area (Å²) >= 11 is 0. The highest BCUT2D eigenvalue weighted by Gasteiger charge is 2.14. The lowest BCUT2D eigenvalue weighted by Crippen LogP contribution is -2.08. The van der Waals surface area contributed by atoms with Crippen molar-refractivity contribution in [2.75, 3.05) is 5.32 Å². The maximum absolute atomic E-state index is 13.2. The van der Waals surface area contributed by atoms with Crippen molar-refractivity contribution in [1.82, 2.24) is 4.98 Å². The Balaban J connectivity index is 2.04. The van der Waals surface area contributed by atoms with Crippen molar-refractivity contribution in [3.63, 3.8) is 0 Å². The summed E-state index contributed by atoms with van der Waals surface area (Å²) in [4.78, 5) is 16.5. The predicted molar refractivity (Wildman–Crippen MR) is 115 cm³/mol. The number of hydrogen-bond donors (Lipinski definition) is 2. The molecule has 6 nitrogen and oxygen atoms in total. The minimum atomic E-state index is -0.331. The second kappa shape index (κ2) is 7.64. The van der Waals surface area contributed by atoms with Gasteiger partial charge in [0.2, 0.25) is 0 Å². The highest BCUT2D eigenvalue weighted by Crippen LogP contribution is 2.29. The maximum atomic E-state index is 13.2. The molecule has 4 aromatic rings. The van der Waals surface area contributed by atoms with Gasteiger partial charge in [0.1, 0.15) is 23.9 Å². The molecule has 0 fully saturated rings. The molecule has 0 amide bonds. The standard InChI is InChI=1S/C24H13N5O/c25-12-16(13-26)21(14-27)28-20-11-5-10-19-23(20)29-22-17(15-6-2-1-3-7-15)8-4-9-18(22)24(19)30/h1-11,28H,(H,29,30). The summed E-state index contributed by atoms with van der Waals surface area (Å²) in [6.07, 6.45) is 0. The number of allylic oxidation sites excluding steroid dienone is 2. The van der Waals surface area contributed by atoms with Gasteiger partial charge in [-0.1, -0.05) is 48.5 Å². The van der Waals surface area contributed by atoms with Crippen LogP contribution in [-0.2, 0) is 0 Å². The number of nitriles is 3. The average molecular weight is 387 g/mol. The maximum Gasteiger partial charge on any atom is 0.197 e. The fourth-order valence-corrected chi connectivity index (χ4v) is 3.40. The first kappa shape index (κ1) is 18.5. The Hall–Kier alpha value is -4.86. The van der Waals surface area contributed by atoms with Crippen LogP contribution in [-0.4, -0.2) is 4.98 Å². The molecule has 0 aliphatic rings. The Morgan fingerprint density at radius 3 is 2.10 bits per heavy atom. The van der Waals surface area contributed by atoms with Gasteiger partial charge in [0, 0.05) is 16.3 Å². The average Bonchev–Trinajstić information content (AvgIpc) is 2.80. The van der Waals surface area contributed by atoms with E-state index >= 15 is 0 Å². The molecule has 0 radical (unpaired) electrons. The molecule has 6 heteroatoms. The molecule has 0 saturated heterocycles. The van der Waals surface area contributed by atoms with Crippen LogP contribution in [0.2, 0.25) is 0 Å². The lowest BCUT2D eigenvalue weighted by molar-refractivity contribution is 1.37. The number of fused-ring (bicyclic) bond motifs is 2. The summed E-state index contributed by atoms with van der Waals surface area (Å²) in [5, 5.41) is 31.4. The van der Waals surface area contributed by atoms with Gasteiger partial charge < -0.3 is 10.3 Å². The first-order chi connectivity index (χ1) is 14.7. The van der Waals surface area contributed by atoms with Crippen molar-refractivity contribution in [3.05, 3.63) is 88.2 Å². The van der Waals surface area contributed by atoms with Gasteiger partial charge in [-0.15, -0.1) is 0 Å². The van der Waals surface area contributed by atoms with Crippen LogP contribution in [0.5, 0.6) is 0 Å². The Kier molecular flexibility index (Phi) is 4.71. The van der Waals surface area contributed by atoms with E-state index in [2.05, 4.69) is 10.3 Å². The number of rotatable bonds is 3. The van der Waals surface area contributed by atoms with E-state index in [-0.39, 0.29) is 16.7 Å². The van der Waals surface area contributed by atoms with Crippen molar-refractivity contribution >= 4 is 27.5 Å². The third-order valence-corrected chi connectivity index (χ3v) is 4.80. The Morgan fingerprint density at radius 1 is 0.767 bits per heavy atom. The molecule has 0 unspecified atom stereocenters. The van der Waals surface area contributed by atoms with Gasteiger partial charge in [0.05, 0.1) is 16.7 Å². The van der Waals surface area contributed by atoms with Crippen molar-refractivity contribution in [1.29, 1.82) is 15.8 Å². The molecule has 1 aromatic heterocycles. The van der Waals surface area contributed by atoms with Crippen molar-refractivity contribution in [2.45, 2.75) is 0 Å².